The predicted molar refractivity (Wildman–Crippen MR) is 399 cm³/mol. The van der Waals surface area contributed by atoms with Gasteiger partial charge in [0.15, 0.2) is 0 Å². The van der Waals surface area contributed by atoms with E-state index in [0.717, 1.165) is 146 Å². The Bertz CT molecular complexity index is 3880. The molecule has 11 rings (SSSR count). The summed E-state index contributed by atoms with van der Waals surface area (Å²) in [5, 5.41) is 22.8. The Hall–Kier alpha value is -9.88. The molecule has 12 nitrogen and oxygen atoms in total. The molecule has 10 aromatic carbocycles. The number of ether oxygens (including phenoxy) is 6. The normalized spacial score (nSPS) is 12.2. The van der Waals surface area contributed by atoms with Crippen LogP contribution in [0.15, 0.2) is 218 Å². The lowest BCUT2D eigenvalue weighted by Gasteiger charge is -2.40. The van der Waals surface area contributed by atoms with E-state index in [1.54, 1.807) is 84.9 Å². The van der Waals surface area contributed by atoms with Crippen molar-refractivity contribution in [3.63, 3.8) is 0 Å². The van der Waals surface area contributed by atoms with Crippen molar-refractivity contribution < 1.29 is 57.8 Å². The number of rotatable bonds is 31. The molecule has 0 aliphatic carbocycles. The van der Waals surface area contributed by atoms with Gasteiger partial charge in [-0.05, 0) is 191 Å². The van der Waals surface area contributed by atoms with Gasteiger partial charge in [0.05, 0.1) is 44.2 Å². The van der Waals surface area contributed by atoms with Crippen LogP contribution in [0.25, 0.3) is 54.9 Å². The van der Waals surface area contributed by atoms with Crippen molar-refractivity contribution in [1.82, 2.24) is 0 Å². The minimum atomic E-state index is -0.540. The first-order chi connectivity index (χ1) is 48.4. The summed E-state index contributed by atoms with van der Waals surface area (Å²) in [7, 11) is 0. The highest BCUT2D eigenvalue weighted by molar-refractivity contribution is 6.11. The summed E-state index contributed by atoms with van der Waals surface area (Å²) in [5.74, 6) is 2.54. The third-order valence-electron chi connectivity index (χ3n) is 17.8. The summed E-state index contributed by atoms with van der Waals surface area (Å²) in [6.45, 7) is 16.1. The fourth-order valence-electron chi connectivity index (χ4n) is 11.3. The number of carbonyl (C=O) groups is 4. The van der Waals surface area contributed by atoms with Crippen LogP contribution < -0.4 is 18.9 Å². The van der Waals surface area contributed by atoms with Gasteiger partial charge in [-0.1, -0.05) is 202 Å². The molecule has 1 aliphatic heterocycles. The van der Waals surface area contributed by atoms with Crippen molar-refractivity contribution in [2.45, 2.75) is 125 Å². The maximum absolute atomic E-state index is 13.7. The van der Waals surface area contributed by atoms with E-state index in [2.05, 4.69) is 34.6 Å². The molecule has 12 heteroatoms. The molecule has 516 valence electrons. The summed E-state index contributed by atoms with van der Waals surface area (Å²) in [6, 6.07) is 65.4. The fourth-order valence-corrected chi connectivity index (χ4v) is 11.3. The van der Waals surface area contributed by atoms with E-state index in [4.69, 9.17) is 28.4 Å². The first-order valence-corrected chi connectivity index (χ1v) is 35.2. The van der Waals surface area contributed by atoms with Crippen LogP contribution in [0.4, 0.5) is 0 Å². The number of hydrogen-bond acceptors (Lipinski definition) is 12. The molecule has 1 fully saturated rings. The van der Waals surface area contributed by atoms with Crippen LogP contribution in [0.5, 0.6) is 34.5 Å². The van der Waals surface area contributed by atoms with Crippen LogP contribution in [0.2, 0.25) is 0 Å². The van der Waals surface area contributed by atoms with Crippen LogP contribution in [-0.4, -0.2) is 74.4 Å². The fraction of sp³-hybridized carbons (Fsp3) is 0.310. The number of aromatic hydroxyl groups is 2. The smallest absolute Gasteiger partial charge is 0.343 e. The first-order valence-electron chi connectivity index (χ1n) is 35.2. The monoisotopic (exact) mass is 1330 g/mol. The average molecular weight is 1330 g/mol. The zero-order chi connectivity index (χ0) is 70.0. The van der Waals surface area contributed by atoms with Gasteiger partial charge in [0.2, 0.25) is 0 Å². The molecule has 0 spiro atoms. The lowest BCUT2D eigenvalue weighted by Crippen LogP contribution is -2.45. The SMILES string of the molecule is CCC1(COCCCCCCOc2ccc(C=O)cc2)COC1.CCCCC(C)CC.CCCCCCCOc1ccc(C=O)cc1.O=C(Oc1ccc2ccccc2c1-c1c(OC(=O)c2ccc(-c3ccc(O)cc3)cc2)ccc2ccccc12)c1ccc(-c2ccc(O)cc2)cc1. The zero-order valence-electron chi connectivity index (χ0n) is 58.1. The van der Waals surface area contributed by atoms with Gasteiger partial charge in [0, 0.05) is 34.3 Å². The topological polar surface area (TPSA) is 164 Å². The Morgan fingerprint density at radius 1 is 0.455 bits per heavy atom. The molecular weight excluding hydrogens is 1240 g/mol. The Balaban J connectivity index is 0.000000217. The Morgan fingerprint density at radius 2 is 0.848 bits per heavy atom. The summed E-state index contributed by atoms with van der Waals surface area (Å²) < 4.78 is 34.7. The van der Waals surface area contributed by atoms with Crippen LogP contribution in [-0.2, 0) is 9.47 Å². The number of esters is 2. The van der Waals surface area contributed by atoms with Crippen molar-refractivity contribution in [3.8, 4) is 67.9 Å². The van der Waals surface area contributed by atoms with E-state index < -0.39 is 11.9 Å². The molecule has 0 radical (unpaired) electrons. The van der Waals surface area contributed by atoms with Crippen LogP contribution in [0.3, 0.4) is 0 Å². The van der Waals surface area contributed by atoms with Crippen molar-refractivity contribution >= 4 is 46.1 Å². The van der Waals surface area contributed by atoms with Gasteiger partial charge >= 0.3 is 11.9 Å². The lowest BCUT2D eigenvalue weighted by molar-refractivity contribution is -0.150. The standard InChI is InChI=1S/C46H30O6.C19H28O4.C14H20O2.C8H18/c47-37-23-17-31(18-24-37)29-9-13-35(14-10-29)45(49)51-41-27-21-33-5-1-3-7-39(33)43(41)44-40-8-4-2-6-34(40)22-28-42(44)52-46(50)36-15-11-30(12-16-36)32-19-25-38(48)26-20-32;1-2-19(15-22-16-19)14-21-11-5-3-4-6-12-23-18-9-7-17(13-20)8-10-18;1-2-3-4-5-6-11-16-14-9-7-13(12-15)8-10-14;1-4-6-7-8(3)5-2/h1-28,47-48H;7-10,13H,2-6,11-12,14-16H2,1H3;7-10,12H,2-6,11H2,1H3;8H,4-7H2,1-3H3. The molecule has 0 bridgehead atoms. The quantitative estimate of drug-likeness (QED) is 0.0183. The van der Waals surface area contributed by atoms with E-state index in [1.165, 1.54) is 57.8 Å². The maximum Gasteiger partial charge on any atom is 0.343 e. The summed E-state index contributed by atoms with van der Waals surface area (Å²) >= 11 is 0. The Labute approximate surface area is 584 Å². The van der Waals surface area contributed by atoms with Crippen LogP contribution >= 0.6 is 0 Å². The second-order valence-corrected chi connectivity index (χ2v) is 25.3. The minimum absolute atomic E-state index is 0.180. The summed E-state index contributed by atoms with van der Waals surface area (Å²) in [6.07, 6.45) is 19.0. The maximum atomic E-state index is 13.7. The summed E-state index contributed by atoms with van der Waals surface area (Å²) in [5.41, 5.74) is 7.22. The molecule has 1 unspecified atom stereocenters. The van der Waals surface area contributed by atoms with Gasteiger partial charge in [-0.25, -0.2) is 9.59 Å². The largest absolute Gasteiger partial charge is 0.508 e. The predicted octanol–water partition coefficient (Wildman–Crippen LogP) is 21.8. The van der Waals surface area contributed by atoms with Gasteiger partial charge in [0.1, 0.15) is 47.1 Å². The Kier molecular flexibility index (Phi) is 30.4. The molecule has 1 heterocycles. The van der Waals surface area contributed by atoms with Gasteiger partial charge in [-0.3, -0.25) is 9.59 Å². The molecule has 1 atom stereocenters. The van der Waals surface area contributed by atoms with Gasteiger partial charge in [-0.2, -0.15) is 0 Å². The second-order valence-electron chi connectivity index (χ2n) is 25.3. The molecule has 0 saturated carbocycles. The van der Waals surface area contributed by atoms with Crippen LogP contribution in [0.1, 0.15) is 166 Å². The highest BCUT2D eigenvalue weighted by Gasteiger charge is 2.37. The molecule has 1 aliphatic rings. The van der Waals surface area contributed by atoms with E-state index in [0.29, 0.717) is 50.3 Å². The van der Waals surface area contributed by atoms with Gasteiger partial charge < -0.3 is 38.6 Å². The summed E-state index contributed by atoms with van der Waals surface area (Å²) in [4.78, 5) is 48.5. The number of fused-ring (bicyclic) bond motifs is 2. The number of benzene rings is 10. The average Bonchev–Trinajstić information content (AvgIpc) is 0.751. The molecular formula is C87H96O12. The van der Waals surface area contributed by atoms with Gasteiger partial charge in [-0.15, -0.1) is 0 Å². The zero-order valence-corrected chi connectivity index (χ0v) is 58.1. The second kappa shape index (κ2) is 40.1. The molecule has 2 N–H and O–H groups in total. The van der Waals surface area contributed by atoms with E-state index in [1.807, 2.05) is 133 Å². The van der Waals surface area contributed by atoms with Gasteiger partial charge in [0.25, 0.3) is 0 Å². The molecule has 0 aromatic heterocycles. The van der Waals surface area contributed by atoms with E-state index in [9.17, 15) is 29.4 Å². The molecule has 0 amide bonds. The number of unbranched alkanes of at least 4 members (excludes halogenated alkanes) is 8. The molecule has 10 aromatic rings. The number of carbonyl (C=O) groups excluding carboxylic acids is 4. The molecule has 1 saturated heterocycles. The number of phenolic OH excluding ortho intramolecular Hbond substituents is 2. The third kappa shape index (κ3) is 23.1. The van der Waals surface area contributed by atoms with Crippen molar-refractivity contribution in [3.05, 3.63) is 241 Å². The van der Waals surface area contributed by atoms with Crippen molar-refractivity contribution in [2.24, 2.45) is 11.3 Å². The van der Waals surface area contributed by atoms with E-state index in [-0.39, 0.29) is 11.5 Å². The highest BCUT2D eigenvalue weighted by atomic mass is 16.5. The molecule has 99 heavy (non-hydrogen) atoms. The minimum Gasteiger partial charge on any atom is -0.508 e. The lowest BCUT2D eigenvalue weighted by atomic mass is 9.84. The third-order valence-corrected chi connectivity index (χ3v) is 17.8. The first kappa shape index (κ1) is 74.9. The van der Waals surface area contributed by atoms with Crippen molar-refractivity contribution in [1.29, 1.82) is 0 Å². The number of phenols is 2. The highest BCUT2D eigenvalue weighted by Crippen LogP contribution is 2.46. The van der Waals surface area contributed by atoms with E-state index >= 15 is 0 Å². The Morgan fingerprint density at radius 3 is 1.22 bits per heavy atom. The number of hydrogen-bond donors (Lipinski definition) is 2. The number of aldehydes is 2. The van der Waals surface area contributed by atoms with Crippen LogP contribution in [0, 0.1) is 11.3 Å². The van der Waals surface area contributed by atoms with Crippen molar-refractivity contribution in [2.75, 3.05) is 39.6 Å².